The minimum Gasteiger partial charge on any atom is -0.444 e. The number of benzene rings is 3. The number of hydrogen-bond donors (Lipinski definition) is 2. The lowest BCUT2D eigenvalue weighted by atomic mass is 9.97. The Labute approximate surface area is 243 Å². The average molecular weight is 556 g/mol. The van der Waals surface area contributed by atoms with E-state index in [2.05, 4.69) is 23.5 Å². The van der Waals surface area contributed by atoms with Crippen molar-refractivity contribution >= 4 is 34.4 Å². The number of carbonyl (C=O) groups is 3. The maximum atomic E-state index is 14.1. The zero-order chi connectivity index (χ0) is 30.0. The molecule has 3 rings (SSSR count). The van der Waals surface area contributed by atoms with Crippen LogP contribution in [0.15, 0.2) is 66.7 Å². The normalized spacial score (nSPS) is 12.6. The lowest BCUT2D eigenvalue weighted by Crippen LogP contribution is -2.51. The number of amides is 3. The molecule has 3 aromatic carbocycles. The molecule has 0 bridgehead atoms. The zero-order valence-electron chi connectivity index (χ0n) is 24.7. The molecule has 0 spiro atoms. The number of terminal acetylenes is 1. The monoisotopic (exact) mass is 555 g/mol. The maximum absolute atomic E-state index is 14.1. The van der Waals surface area contributed by atoms with Crippen LogP contribution in [0, 0.1) is 12.3 Å². The second-order valence-corrected chi connectivity index (χ2v) is 11.1. The van der Waals surface area contributed by atoms with Gasteiger partial charge in [-0.2, -0.15) is 0 Å². The molecule has 7 nitrogen and oxygen atoms in total. The Morgan fingerprint density at radius 2 is 1.63 bits per heavy atom. The second kappa shape index (κ2) is 14.4. The Kier molecular flexibility index (Phi) is 10.9. The summed E-state index contributed by atoms with van der Waals surface area (Å²) in [5, 5.41) is 7.69. The number of unbranched alkanes of at least 4 members (excludes halogenated alkanes) is 3. The van der Waals surface area contributed by atoms with Crippen molar-refractivity contribution in [2.24, 2.45) is 0 Å². The molecule has 2 N–H and O–H groups in total. The molecule has 0 fully saturated rings. The van der Waals surface area contributed by atoms with E-state index in [0.29, 0.717) is 29.8 Å². The van der Waals surface area contributed by atoms with Crippen LogP contribution in [0.3, 0.4) is 0 Å². The Morgan fingerprint density at radius 1 is 0.951 bits per heavy atom. The highest BCUT2D eigenvalue weighted by Crippen LogP contribution is 2.28. The first kappa shape index (κ1) is 31.2. The molecule has 3 amide bonds. The third-order valence-corrected chi connectivity index (χ3v) is 6.63. The molecule has 41 heavy (non-hydrogen) atoms. The molecule has 0 radical (unpaired) electrons. The van der Waals surface area contributed by atoms with Gasteiger partial charge in [-0.05, 0) is 68.7 Å². The van der Waals surface area contributed by atoms with Crippen molar-refractivity contribution in [3.63, 3.8) is 0 Å². The number of fused-ring (bicyclic) bond motifs is 1. The first-order valence-electron chi connectivity index (χ1n) is 14.2. The summed E-state index contributed by atoms with van der Waals surface area (Å²) < 4.78 is 5.37. The first-order chi connectivity index (χ1) is 19.5. The minimum atomic E-state index is -1.02. The summed E-state index contributed by atoms with van der Waals surface area (Å²) in [5.41, 5.74) is 0.947. The van der Waals surface area contributed by atoms with Crippen LogP contribution in [-0.4, -0.2) is 41.0 Å². The molecule has 7 heteroatoms. The molecule has 0 saturated carbocycles. The fraction of sp³-hybridized carbons (Fsp3) is 0.382. The number of hydrogen-bond acceptors (Lipinski definition) is 4. The summed E-state index contributed by atoms with van der Waals surface area (Å²) in [6.07, 6.45) is 8.75. The van der Waals surface area contributed by atoms with Gasteiger partial charge in [0.05, 0.1) is 0 Å². The summed E-state index contributed by atoms with van der Waals surface area (Å²) in [4.78, 5) is 42.1. The smallest absolute Gasteiger partial charge is 0.408 e. The lowest BCUT2D eigenvalue weighted by molar-refractivity contribution is -0.140. The van der Waals surface area contributed by atoms with E-state index in [1.165, 1.54) is 4.90 Å². The van der Waals surface area contributed by atoms with Gasteiger partial charge < -0.3 is 20.3 Å². The van der Waals surface area contributed by atoms with Crippen LogP contribution in [0.5, 0.6) is 0 Å². The van der Waals surface area contributed by atoms with Crippen molar-refractivity contribution in [3.05, 3.63) is 77.9 Å². The highest BCUT2D eigenvalue weighted by molar-refractivity contribution is 6.00. The highest BCUT2D eigenvalue weighted by atomic mass is 16.6. The van der Waals surface area contributed by atoms with E-state index in [-0.39, 0.29) is 0 Å². The molecule has 0 heterocycles. The van der Waals surface area contributed by atoms with Crippen molar-refractivity contribution in [1.29, 1.82) is 0 Å². The van der Waals surface area contributed by atoms with Crippen LogP contribution >= 0.6 is 0 Å². The van der Waals surface area contributed by atoms with Crippen LogP contribution in [0.2, 0.25) is 0 Å². The minimum absolute atomic E-state index is 0.313. The molecular weight excluding hydrogens is 514 g/mol. The van der Waals surface area contributed by atoms with Gasteiger partial charge in [-0.25, -0.2) is 4.79 Å². The van der Waals surface area contributed by atoms with E-state index in [1.54, 1.807) is 52.0 Å². The third-order valence-electron chi connectivity index (χ3n) is 6.63. The van der Waals surface area contributed by atoms with E-state index in [0.717, 1.165) is 30.0 Å². The van der Waals surface area contributed by atoms with Crippen LogP contribution in [0.4, 0.5) is 10.5 Å². The van der Waals surface area contributed by atoms with Gasteiger partial charge in [0.15, 0.2) is 0 Å². The average Bonchev–Trinajstić information content (AvgIpc) is 2.93. The second-order valence-electron chi connectivity index (χ2n) is 11.1. The fourth-order valence-electron chi connectivity index (χ4n) is 4.67. The van der Waals surface area contributed by atoms with E-state index < -0.39 is 35.6 Å². The van der Waals surface area contributed by atoms with Gasteiger partial charge in [0.1, 0.15) is 17.7 Å². The first-order valence-corrected chi connectivity index (χ1v) is 14.2. The van der Waals surface area contributed by atoms with Crippen LogP contribution < -0.4 is 10.6 Å². The predicted molar refractivity (Wildman–Crippen MR) is 164 cm³/mol. The van der Waals surface area contributed by atoms with Crippen molar-refractivity contribution < 1.29 is 19.1 Å². The summed E-state index contributed by atoms with van der Waals surface area (Å²) in [7, 11) is 0. The zero-order valence-corrected chi connectivity index (χ0v) is 24.7. The van der Waals surface area contributed by atoms with Gasteiger partial charge in [0, 0.05) is 17.8 Å². The quantitative estimate of drug-likeness (QED) is 0.201. The highest BCUT2D eigenvalue weighted by Gasteiger charge is 2.35. The summed E-state index contributed by atoms with van der Waals surface area (Å²) in [6, 6.07) is 18.7. The molecule has 2 unspecified atom stereocenters. The van der Waals surface area contributed by atoms with Crippen molar-refractivity contribution in [2.75, 3.05) is 11.9 Å². The van der Waals surface area contributed by atoms with Crippen molar-refractivity contribution in [2.45, 2.75) is 78.0 Å². The summed E-state index contributed by atoms with van der Waals surface area (Å²) >= 11 is 0. The van der Waals surface area contributed by atoms with E-state index >= 15 is 0 Å². The Morgan fingerprint density at radius 3 is 2.32 bits per heavy atom. The molecule has 3 aromatic rings. The number of nitrogens with zero attached hydrogens (tertiary/aromatic N) is 1. The van der Waals surface area contributed by atoms with E-state index in [4.69, 9.17) is 11.2 Å². The third kappa shape index (κ3) is 8.84. The molecule has 0 aliphatic heterocycles. The van der Waals surface area contributed by atoms with Crippen molar-refractivity contribution in [3.8, 4) is 12.3 Å². The van der Waals surface area contributed by atoms with Gasteiger partial charge in [-0.1, -0.05) is 80.6 Å². The summed E-state index contributed by atoms with van der Waals surface area (Å²) in [6.45, 7) is 9.28. The molecular formula is C34H41N3O4. The van der Waals surface area contributed by atoms with Gasteiger partial charge >= 0.3 is 6.09 Å². The number of rotatable bonds is 11. The number of carbonyl (C=O) groups excluding carboxylic acids is 3. The van der Waals surface area contributed by atoms with Crippen LogP contribution in [-0.2, 0) is 14.3 Å². The van der Waals surface area contributed by atoms with Gasteiger partial charge in [0.2, 0.25) is 5.91 Å². The van der Waals surface area contributed by atoms with Gasteiger partial charge in [0.25, 0.3) is 5.91 Å². The largest absolute Gasteiger partial charge is 0.444 e. The fourth-order valence-corrected chi connectivity index (χ4v) is 4.67. The molecule has 0 aliphatic rings. The lowest BCUT2D eigenvalue weighted by Gasteiger charge is -2.34. The maximum Gasteiger partial charge on any atom is 0.408 e. The number of ether oxygens (including phenoxy) is 1. The summed E-state index contributed by atoms with van der Waals surface area (Å²) in [5.74, 6) is 1.87. The Bertz CT molecular complexity index is 1400. The number of anilines is 1. The number of nitrogens with one attached hydrogen (secondary N) is 2. The SMILES string of the molecule is C#Cc1ccccc1C(C(=O)Nc1ccc2ccccc2c1)N(CCCCCC)C(=O)C(C)NC(=O)OC(C)(C)C. The van der Waals surface area contributed by atoms with Crippen molar-refractivity contribution in [1.82, 2.24) is 10.2 Å². The van der Waals surface area contributed by atoms with Gasteiger partial charge in [-0.3, -0.25) is 9.59 Å². The molecule has 2 atom stereocenters. The van der Waals surface area contributed by atoms with Gasteiger partial charge in [-0.15, -0.1) is 6.42 Å². The molecule has 216 valence electrons. The molecule has 0 aliphatic carbocycles. The molecule has 0 saturated heterocycles. The Hall–Kier alpha value is -4.31. The topological polar surface area (TPSA) is 87.7 Å². The predicted octanol–water partition coefficient (Wildman–Crippen LogP) is 6.82. The van der Waals surface area contributed by atoms with E-state index in [1.807, 2.05) is 42.5 Å². The van der Waals surface area contributed by atoms with E-state index in [9.17, 15) is 14.4 Å². The standard InChI is InChI=1S/C34H41N3O4/c1-7-9-10-15-22-37(32(39)24(3)35-33(40)41-34(4,5)6)30(29-19-14-13-16-25(29)8-2)31(38)36-28-21-20-26-17-11-12-18-27(26)23-28/h2,11-14,16-21,23-24,30H,7,9-10,15,22H2,1,3-6H3,(H,35,40)(H,36,38). The van der Waals surface area contributed by atoms with Crippen LogP contribution in [0.1, 0.15) is 77.5 Å². The Balaban J connectivity index is 2.00. The van der Waals surface area contributed by atoms with Crippen LogP contribution in [0.25, 0.3) is 10.8 Å². The molecule has 0 aromatic heterocycles. The number of alkyl carbamates (subject to hydrolysis) is 1.